The topological polar surface area (TPSA) is 24.9 Å². The van der Waals surface area contributed by atoms with Crippen molar-refractivity contribution in [3.05, 3.63) is 0 Å². The highest BCUT2D eigenvalue weighted by atomic mass is 17.2. The minimum atomic E-state index is 0.697. The molecule has 1 saturated heterocycles. The average molecular weight is 188 g/mol. The zero-order valence-corrected chi connectivity index (χ0v) is 8.66. The first-order valence-corrected chi connectivity index (χ1v) is 4.89. The SMILES string of the molecule is COOCCCN1CCN(C)CC1. The Balaban J connectivity index is 1.96. The maximum atomic E-state index is 4.81. The van der Waals surface area contributed by atoms with Crippen LogP contribution < -0.4 is 0 Å². The minimum absolute atomic E-state index is 0.697. The summed E-state index contributed by atoms with van der Waals surface area (Å²) >= 11 is 0. The van der Waals surface area contributed by atoms with Crippen LogP contribution in [0.15, 0.2) is 0 Å². The Morgan fingerprint density at radius 1 is 1.15 bits per heavy atom. The number of rotatable bonds is 5. The lowest BCUT2D eigenvalue weighted by molar-refractivity contribution is -0.273. The molecule has 0 aromatic heterocycles. The first-order valence-electron chi connectivity index (χ1n) is 4.89. The molecule has 0 spiro atoms. The number of hydrogen-bond acceptors (Lipinski definition) is 4. The molecule has 0 unspecified atom stereocenters. The lowest BCUT2D eigenvalue weighted by atomic mass is 10.3. The second-order valence-electron chi connectivity index (χ2n) is 3.49. The molecule has 1 rings (SSSR count). The zero-order chi connectivity index (χ0) is 9.52. The zero-order valence-electron chi connectivity index (χ0n) is 8.66. The van der Waals surface area contributed by atoms with E-state index in [1.807, 2.05) is 0 Å². The summed E-state index contributed by atoms with van der Waals surface area (Å²) in [5.41, 5.74) is 0. The Labute approximate surface area is 80.3 Å². The van der Waals surface area contributed by atoms with Crippen molar-refractivity contribution in [2.45, 2.75) is 6.42 Å². The second kappa shape index (κ2) is 6.32. The van der Waals surface area contributed by atoms with Gasteiger partial charge in [-0.1, -0.05) is 0 Å². The molecule has 0 amide bonds. The molecule has 0 aromatic carbocycles. The highest BCUT2D eigenvalue weighted by Crippen LogP contribution is 1.99. The Morgan fingerprint density at radius 2 is 1.85 bits per heavy atom. The fraction of sp³-hybridized carbons (Fsp3) is 1.00. The van der Waals surface area contributed by atoms with E-state index in [0.29, 0.717) is 6.61 Å². The van der Waals surface area contributed by atoms with Crippen LogP contribution in [0.25, 0.3) is 0 Å². The molecule has 0 aromatic rings. The average Bonchev–Trinajstić information content (AvgIpc) is 2.15. The summed E-state index contributed by atoms with van der Waals surface area (Å²) < 4.78 is 0. The summed E-state index contributed by atoms with van der Waals surface area (Å²) in [5, 5.41) is 0. The van der Waals surface area contributed by atoms with E-state index in [-0.39, 0.29) is 0 Å². The predicted octanol–water partition coefficient (Wildman–Crippen LogP) is 0.202. The summed E-state index contributed by atoms with van der Waals surface area (Å²) in [7, 11) is 3.72. The van der Waals surface area contributed by atoms with Crippen molar-refractivity contribution in [2.24, 2.45) is 0 Å². The number of piperazine rings is 1. The van der Waals surface area contributed by atoms with Crippen LogP contribution in [-0.4, -0.2) is 63.3 Å². The van der Waals surface area contributed by atoms with Crippen molar-refractivity contribution in [1.29, 1.82) is 0 Å². The Morgan fingerprint density at radius 3 is 2.46 bits per heavy atom. The van der Waals surface area contributed by atoms with Crippen molar-refractivity contribution >= 4 is 0 Å². The van der Waals surface area contributed by atoms with Crippen molar-refractivity contribution in [1.82, 2.24) is 9.80 Å². The van der Waals surface area contributed by atoms with Gasteiger partial charge in [0.2, 0.25) is 0 Å². The van der Waals surface area contributed by atoms with Gasteiger partial charge in [0.1, 0.15) is 0 Å². The maximum Gasteiger partial charge on any atom is 0.0834 e. The largest absolute Gasteiger partial charge is 0.304 e. The third-order valence-corrected chi connectivity index (χ3v) is 2.42. The summed E-state index contributed by atoms with van der Waals surface area (Å²) in [5.74, 6) is 0. The minimum Gasteiger partial charge on any atom is -0.304 e. The van der Waals surface area contributed by atoms with Gasteiger partial charge in [-0.25, -0.2) is 9.78 Å². The molecule has 0 N–H and O–H groups in total. The molecule has 0 radical (unpaired) electrons. The van der Waals surface area contributed by atoms with Crippen LogP contribution in [0.1, 0.15) is 6.42 Å². The molecule has 0 bridgehead atoms. The van der Waals surface area contributed by atoms with Crippen LogP contribution in [0, 0.1) is 0 Å². The molecule has 4 heteroatoms. The third-order valence-electron chi connectivity index (χ3n) is 2.42. The van der Waals surface area contributed by atoms with Gasteiger partial charge in [-0.15, -0.1) is 0 Å². The highest BCUT2D eigenvalue weighted by Gasteiger charge is 2.12. The Hall–Kier alpha value is -0.160. The normalized spacial score (nSPS) is 20.8. The van der Waals surface area contributed by atoms with E-state index in [4.69, 9.17) is 4.89 Å². The molecule has 0 atom stereocenters. The first-order chi connectivity index (χ1) is 6.33. The Kier molecular flexibility index (Phi) is 5.31. The molecular formula is C9H20N2O2. The van der Waals surface area contributed by atoms with Gasteiger partial charge in [-0.2, -0.15) is 0 Å². The molecule has 1 aliphatic heterocycles. The molecule has 13 heavy (non-hydrogen) atoms. The second-order valence-corrected chi connectivity index (χ2v) is 3.49. The molecule has 78 valence electrons. The van der Waals surface area contributed by atoms with E-state index in [9.17, 15) is 0 Å². The molecule has 0 aliphatic carbocycles. The van der Waals surface area contributed by atoms with E-state index in [2.05, 4.69) is 21.7 Å². The van der Waals surface area contributed by atoms with Gasteiger partial charge in [0.15, 0.2) is 0 Å². The number of hydrogen-bond donors (Lipinski definition) is 0. The summed E-state index contributed by atoms with van der Waals surface area (Å²) in [6, 6.07) is 0. The van der Waals surface area contributed by atoms with E-state index in [0.717, 1.165) is 13.0 Å². The van der Waals surface area contributed by atoms with Crippen LogP contribution in [0.2, 0.25) is 0 Å². The maximum absolute atomic E-state index is 4.81. The van der Waals surface area contributed by atoms with Gasteiger partial charge in [-0.3, -0.25) is 0 Å². The van der Waals surface area contributed by atoms with Crippen LogP contribution in [-0.2, 0) is 9.78 Å². The van der Waals surface area contributed by atoms with Crippen LogP contribution >= 0.6 is 0 Å². The van der Waals surface area contributed by atoms with Crippen molar-refractivity contribution in [3.8, 4) is 0 Å². The molecule has 4 nitrogen and oxygen atoms in total. The summed E-state index contributed by atoms with van der Waals surface area (Å²) in [6.07, 6.45) is 1.05. The third kappa shape index (κ3) is 4.57. The molecule has 1 fully saturated rings. The van der Waals surface area contributed by atoms with Crippen LogP contribution in [0.3, 0.4) is 0 Å². The van der Waals surface area contributed by atoms with Crippen LogP contribution in [0.4, 0.5) is 0 Å². The van der Waals surface area contributed by atoms with E-state index < -0.39 is 0 Å². The molecule has 1 heterocycles. The first kappa shape index (κ1) is 10.9. The molecule has 0 saturated carbocycles. The number of likely N-dealkylation sites (N-methyl/N-ethyl adjacent to an activating group) is 1. The number of nitrogens with zero attached hydrogens (tertiary/aromatic N) is 2. The standard InChI is InChI=1S/C9H20N2O2/c1-10-5-7-11(8-6-10)4-3-9-13-12-2/h3-9H2,1-2H3. The van der Waals surface area contributed by atoms with Gasteiger partial charge < -0.3 is 9.80 Å². The van der Waals surface area contributed by atoms with Crippen LogP contribution in [0.5, 0.6) is 0 Å². The van der Waals surface area contributed by atoms with Crippen molar-refractivity contribution < 1.29 is 9.78 Å². The van der Waals surface area contributed by atoms with Gasteiger partial charge in [-0.05, 0) is 13.5 Å². The van der Waals surface area contributed by atoms with Gasteiger partial charge in [0, 0.05) is 32.7 Å². The lowest BCUT2D eigenvalue weighted by Gasteiger charge is -2.32. The summed E-state index contributed by atoms with van der Waals surface area (Å²) in [6.45, 7) is 6.56. The summed E-state index contributed by atoms with van der Waals surface area (Å²) in [4.78, 5) is 14.2. The van der Waals surface area contributed by atoms with E-state index in [1.54, 1.807) is 7.11 Å². The van der Waals surface area contributed by atoms with Gasteiger partial charge in [0.05, 0.1) is 13.7 Å². The smallest absolute Gasteiger partial charge is 0.0834 e. The quantitative estimate of drug-likeness (QED) is 0.349. The van der Waals surface area contributed by atoms with Gasteiger partial charge >= 0.3 is 0 Å². The fourth-order valence-corrected chi connectivity index (χ4v) is 1.50. The predicted molar refractivity (Wildman–Crippen MR) is 51.5 cm³/mol. The van der Waals surface area contributed by atoms with E-state index in [1.165, 1.54) is 26.2 Å². The fourth-order valence-electron chi connectivity index (χ4n) is 1.50. The molecule has 1 aliphatic rings. The molecular weight excluding hydrogens is 168 g/mol. The van der Waals surface area contributed by atoms with Gasteiger partial charge in [0.25, 0.3) is 0 Å². The van der Waals surface area contributed by atoms with Crippen molar-refractivity contribution in [2.75, 3.05) is 53.5 Å². The van der Waals surface area contributed by atoms with Crippen molar-refractivity contribution in [3.63, 3.8) is 0 Å². The monoisotopic (exact) mass is 188 g/mol. The Bertz CT molecular complexity index is 125. The van der Waals surface area contributed by atoms with E-state index >= 15 is 0 Å². The highest BCUT2D eigenvalue weighted by molar-refractivity contribution is 4.68. The lowest BCUT2D eigenvalue weighted by Crippen LogP contribution is -2.44.